The Balaban J connectivity index is 1.95. The predicted molar refractivity (Wildman–Crippen MR) is 84.0 cm³/mol. The predicted octanol–water partition coefficient (Wildman–Crippen LogP) is 0.892. The minimum absolute atomic E-state index is 0.221. The second-order valence-corrected chi connectivity index (χ2v) is 7.26. The van der Waals surface area contributed by atoms with Gasteiger partial charge in [0.1, 0.15) is 0 Å². The average molecular weight is 326 g/mol. The van der Waals surface area contributed by atoms with Crippen LogP contribution in [-0.4, -0.2) is 41.1 Å². The zero-order valence-corrected chi connectivity index (χ0v) is 13.5. The number of rotatable bonds is 7. The van der Waals surface area contributed by atoms with Gasteiger partial charge in [0.2, 0.25) is 10.0 Å². The first-order chi connectivity index (χ1) is 10.5. The molecular formula is C15H22N2O4S. The van der Waals surface area contributed by atoms with E-state index in [4.69, 9.17) is 0 Å². The maximum Gasteiger partial charge on any atom is 0.338 e. The molecular weight excluding hydrogens is 304 g/mol. The average Bonchev–Trinajstić information content (AvgIpc) is 2.99. The molecule has 1 unspecified atom stereocenters. The van der Waals surface area contributed by atoms with Crippen LogP contribution in [0.5, 0.6) is 0 Å². The summed E-state index contributed by atoms with van der Waals surface area (Å²) in [6, 6.07) is 6.59. The molecule has 0 amide bonds. The Kier molecular flexibility index (Phi) is 5.93. The molecule has 1 fully saturated rings. The summed E-state index contributed by atoms with van der Waals surface area (Å²) in [5.74, 6) is -0.214. The molecule has 22 heavy (non-hydrogen) atoms. The lowest BCUT2D eigenvalue weighted by Crippen LogP contribution is -2.28. The van der Waals surface area contributed by atoms with E-state index in [0.717, 1.165) is 25.9 Å². The van der Waals surface area contributed by atoms with Crippen molar-refractivity contribution < 1.29 is 17.9 Å². The number of nitrogens with one attached hydrogen (secondary N) is 2. The molecule has 0 radical (unpaired) electrons. The summed E-state index contributed by atoms with van der Waals surface area (Å²) in [4.78, 5) is 11.7. The summed E-state index contributed by atoms with van der Waals surface area (Å²) in [7, 11) is -2.19. The third kappa shape index (κ3) is 4.79. The number of esters is 1. The lowest BCUT2D eigenvalue weighted by atomic mass is 10.1. The van der Waals surface area contributed by atoms with Crippen molar-refractivity contribution in [2.24, 2.45) is 5.92 Å². The fourth-order valence-corrected chi connectivity index (χ4v) is 3.78. The number of ether oxygens (including phenoxy) is 1. The highest BCUT2D eigenvalue weighted by atomic mass is 32.2. The summed E-state index contributed by atoms with van der Waals surface area (Å²) in [5, 5.41) is 3.26. The Morgan fingerprint density at radius 2 is 2.18 bits per heavy atom. The van der Waals surface area contributed by atoms with Crippen molar-refractivity contribution in [1.82, 2.24) is 10.0 Å². The molecule has 1 saturated heterocycles. The third-order valence-corrected chi connectivity index (χ3v) is 5.14. The molecule has 2 rings (SSSR count). The standard InChI is InChI=1S/C15H22N2O4S/c1-21-15(18)14-5-3-2-4-13(14)11-22(19,20)17-9-7-12-6-8-16-10-12/h2-5,12,16-17H,6-11H2,1H3. The van der Waals surface area contributed by atoms with E-state index in [-0.39, 0.29) is 11.3 Å². The van der Waals surface area contributed by atoms with Crippen LogP contribution in [-0.2, 0) is 20.5 Å². The van der Waals surface area contributed by atoms with Gasteiger partial charge in [-0.05, 0) is 43.5 Å². The molecule has 1 atom stereocenters. The Labute approximate surface area is 131 Å². The van der Waals surface area contributed by atoms with Crippen LogP contribution < -0.4 is 10.0 Å². The minimum Gasteiger partial charge on any atom is -0.465 e. The molecule has 2 N–H and O–H groups in total. The fourth-order valence-electron chi connectivity index (χ4n) is 2.59. The fraction of sp³-hybridized carbons (Fsp3) is 0.533. The van der Waals surface area contributed by atoms with E-state index in [9.17, 15) is 13.2 Å². The van der Waals surface area contributed by atoms with Crippen LogP contribution in [0.1, 0.15) is 28.8 Å². The summed E-state index contributed by atoms with van der Waals surface area (Å²) in [5.41, 5.74) is 0.736. The largest absolute Gasteiger partial charge is 0.465 e. The molecule has 7 heteroatoms. The molecule has 0 aliphatic carbocycles. The van der Waals surface area contributed by atoms with Crippen LogP contribution in [0, 0.1) is 5.92 Å². The lowest BCUT2D eigenvalue weighted by molar-refractivity contribution is 0.0600. The van der Waals surface area contributed by atoms with Gasteiger partial charge >= 0.3 is 5.97 Å². The van der Waals surface area contributed by atoms with E-state index in [1.165, 1.54) is 7.11 Å². The number of carbonyl (C=O) groups is 1. The van der Waals surface area contributed by atoms with Gasteiger partial charge in [0.05, 0.1) is 18.4 Å². The number of benzene rings is 1. The summed E-state index contributed by atoms with van der Waals surface area (Å²) in [6.07, 6.45) is 1.91. The minimum atomic E-state index is -3.47. The zero-order valence-electron chi connectivity index (χ0n) is 12.7. The van der Waals surface area contributed by atoms with E-state index >= 15 is 0 Å². The molecule has 1 aliphatic heterocycles. The second-order valence-electron chi connectivity index (χ2n) is 5.45. The van der Waals surface area contributed by atoms with Gasteiger partial charge in [0, 0.05) is 6.54 Å². The molecule has 122 valence electrons. The van der Waals surface area contributed by atoms with Crippen LogP contribution in [0.2, 0.25) is 0 Å². The topological polar surface area (TPSA) is 84.5 Å². The van der Waals surface area contributed by atoms with Gasteiger partial charge in [-0.2, -0.15) is 0 Å². The highest BCUT2D eigenvalue weighted by Crippen LogP contribution is 2.14. The van der Waals surface area contributed by atoms with Crippen molar-refractivity contribution in [2.45, 2.75) is 18.6 Å². The van der Waals surface area contributed by atoms with Crippen LogP contribution in [0.3, 0.4) is 0 Å². The van der Waals surface area contributed by atoms with Crippen LogP contribution in [0.25, 0.3) is 0 Å². The Bertz CT molecular complexity index is 610. The van der Waals surface area contributed by atoms with E-state index < -0.39 is 16.0 Å². The first kappa shape index (κ1) is 16.9. The van der Waals surface area contributed by atoms with Gasteiger partial charge in [-0.15, -0.1) is 0 Å². The van der Waals surface area contributed by atoms with E-state index in [0.29, 0.717) is 18.0 Å². The molecule has 0 spiro atoms. The maximum absolute atomic E-state index is 12.2. The quantitative estimate of drug-likeness (QED) is 0.727. The van der Waals surface area contributed by atoms with Crippen molar-refractivity contribution in [3.63, 3.8) is 0 Å². The van der Waals surface area contributed by atoms with E-state index in [1.54, 1.807) is 24.3 Å². The highest BCUT2D eigenvalue weighted by molar-refractivity contribution is 7.88. The van der Waals surface area contributed by atoms with Crippen molar-refractivity contribution in [3.8, 4) is 0 Å². The third-order valence-electron chi connectivity index (χ3n) is 3.81. The van der Waals surface area contributed by atoms with Crippen molar-refractivity contribution in [3.05, 3.63) is 35.4 Å². The normalized spacial score (nSPS) is 18.3. The summed E-state index contributed by atoms with van der Waals surface area (Å²) < 4.78 is 31.6. The molecule has 0 saturated carbocycles. The molecule has 1 aromatic rings. The number of methoxy groups -OCH3 is 1. The molecule has 0 aromatic heterocycles. The molecule has 0 bridgehead atoms. The number of sulfonamides is 1. The van der Waals surface area contributed by atoms with Crippen molar-refractivity contribution in [2.75, 3.05) is 26.7 Å². The molecule has 1 aromatic carbocycles. The van der Waals surface area contributed by atoms with Crippen LogP contribution >= 0.6 is 0 Å². The summed E-state index contributed by atoms with van der Waals surface area (Å²) >= 11 is 0. The van der Waals surface area contributed by atoms with Crippen LogP contribution in [0.15, 0.2) is 24.3 Å². The van der Waals surface area contributed by atoms with Crippen molar-refractivity contribution in [1.29, 1.82) is 0 Å². The Hall–Kier alpha value is -1.44. The van der Waals surface area contributed by atoms with Gasteiger partial charge in [-0.3, -0.25) is 0 Å². The van der Waals surface area contributed by atoms with E-state index in [1.807, 2.05) is 0 Å². The summed E-state index contributed by atoms with van der Waals surface area (Å²) in [6.45, 7) is 2.38. The van der Waals surface area contributed by atoms with E-state index in [2.05, 4.69) is 14.8 Å². The lowest BCUT2D eigenvalue weighted by Gasteiger charge is -2.11. The van der Waals surface area contributed by atoms with Gasteiger partial charge in [-0.25, -0.2) is 17.9 Å². The van der Waals surface area contributed by atoms with Crippen LogP contribution in [0.4, 0.5) is 0 Å². The van der Waals surface area contributed by atoms with Gasteiger partial charge in [-0.1, -0.05) is 18.2 Å². The first-order valence-corrected chi connectivity index (χ1v) is 9.01. The number of hydrogen-bond donors (Lipinski definition) is 2. The van der Waals surface area contributed by atoms with Gasteiger partial charge in [0.25, 0.3) is 0 Å². The monoisotopic (exact) mass is 326 g/mol. The smallest absolute Gasteiger partial charge is 0.338 e. The number of hydrogen-bond acceptors (Lipinski definition) is 5. The molecule has 6 nitrogen and oxygen atoms in total. The second kappa shape index (κ2) is 7.71. The highest BCUT2D eigenvalue weighted by Gasteiger charge is 2.19. The SMILES string of the molecule is COC(=O)c1ccccc1CS(=O)(=O)NCCC1CCNC1. The van der Waals surface area contributed by atoms with Gasteiger partial charge in [0.15, 0.2) is 0 Å². The van der Waals surface area contributed by atoms with Crippen molar-refractivity contribution >= 4 is 16.0 Å². The number of carbonyl (C=O) groups excluding carboxylic acids is 1. The maximum atomic E-state index is 12.2. The molecule has 1 aliphatic rings. The Morgan fingerprint density at radius 3 is 2.86 bits per heavy atom. The van der Waals surface area contributed by atoms with Gasteiger partial charge < -0.3 is 10.1 Å². The molecule has 1 heterocycles. The Morgan fingerprint density at radius 1 is 1.41 bits per heavy atom. The zero-order chi connectivity index (χ0) is 16.0. The first-order valence-electron chi connectivity index (χ1n) is 7.36.